The number of furan rings is 1. The summed E-state index contributed by atoms with van der Waals surface area (Å²) in [5.74, 6) is -0.162. The highest BCUT2D eigenvalue weighted by Gasteiger charge is 2.15. The molecule has 2 N–H and O–H groups in total. The third-order valence-electron chi connectivity index (χ3n) is 1.54. The average molecular weight is 238 g/mol. The van der Waals surface area contributed by atoms with Crippen LogP contribution in [0.5, 0.6) is 0 Å². The van der Waals surface area contributed by atoms with Crippen LogP contribution in [0.4, 0.5) is 0 Å². The van der Waals surface area contributed by atoms with E-state index in [9.17, 15) is 9.90 Å². The van der Waals surface area contributed by atoms with Crippen molar-refractivity contribution in [3.8, 4) is 0 Å². The smallest absolute Gasteiger partial charge is 0.253 e. The number of alkyl halides is 2. The van der Waals surface area contributed by atoms with Crippen molar-refractivity contribution >= 4 is 29.1 Å². The van der Waals surface area contributed by atoms with Gasteiger partial charge >= 0.3 is 0 Å². The Hall–Kier alpha value is -0.710. The van der Waals surface area contributed by atoms with Crippen molar-refractivity contribution in [2.45, 2.75) is 10.9 Å². The molecule has 0 aliphatic carbocycles. The lowest BCUT2D eigenvalue weighted by Crippen LogP contribution is -2.32. The molecular formula is C8H9Cl2NO3. The van der Waals surface area contributed by atoms with E-state index in [-0.39, 0.29) is 6.54 Å². The normalized spacial score (nSPS) is 12.9. The second-order valence-electron chi connectivity index (χ2n) is 2.58. The van der Waals surface area contributed by atoms with Crippen LogP contribution in [0, 0.1) is 0 Å². The number of hydrogen-bond acceptors (Lipinski definition) is 3. The number of carbonyl (C=O) groups excluding carboxylic acids is 1. The Morgan fingerprint density at radius 2 is 2.36 bits per heavy atom. The van der Waals surface area contributed by atoms with Crippen LogP contribution in [0.15, 0.2) is 22.8 Å². The van der Waals surface area contributed by atoms with Crippen molar-refractivity contribution in [3.63, 3.8) is 0 Å². The minimum atomic E-state index is -1.13. The largest absolute Gasteiger partial charge is 0.467 e. The van der Waals surface area contributed by atoms with E-state index in [0.29, 0.717) is 5.76 Å². The summed E-state index contributed by atoms with van der Waals surface area (Å²) in [6.45, 7) is 0.0162. The first-order chi connectivity index (χ1) is 6.61. The van der Waals surface area contributed by atoms with E-state index in [4.69, 9.17) is 27.6 Å². The highest BCUT2D eigenvalue weighted by Crippen LogP contribution is 2.11. The van der Waals surface area contributed by atoms with Gasteiger partial charge in [0.25, 0.3) is 5.91 Å². The van der Waals surface area contributed by atoms with Gasteiger partial charge in [-0.25, -0.2) is 0 Å². The lowest BCUT2D eigenvalue weighted by atomic mass is 10.3. The summed E-state index contributed by atoms with van der Waals surface area (Å²) in [5.41, 5.74) is 0. The van der Waals surface area contributed by atoms with Gasteiger partial charge in [-0.05, 0) is 12.1 Å². The van der Waals surface area contributed by atoms with Crippen molar-refractivity contribution in [3.05, 3.63) is 24.2 Å². The number of carbonyl (C=O) groups is 1. The molecule has 0 fully saturated rings. The predicted molar refractivity (Wildman–Crippen MR) is 52.2 cm³/mol. The molecule has 1 heterocycles. The van der Waals surface area contributed by atoms with Crippen LogP contribution in [-0.2, 0) is 4.79 Å². The van der Waals surface area contributed by atoms with Crippen LogP contribution in [0.3, 0.4) is 0 Å². The molecule has 0 saturated heterocycles. The number of nitrogens with one attached hydrogen (secondary N) is 1. The molecule has 1 aromatic rings. The maximum atomic E-state index is 10.9. The predicted octanol–water partition coefficient (Wildman–Crippen LogP) is 1.23. The molecule has 0 bridgehead atoms. The molecule has 14 heavy (non-hydrogen) atoms. The van der Waals surface area contributed by atoms with E-state index >= 15 is 0 Å². The van der Waals surface area contributed by atoms with Crippen molar-refractivity contribution in [1.82, 2.24) is 5.32 Å². The molecule has 78 valence electrons. The van der Waals surface area contributed by atoms with E-state index in [2.05, 4.69) is 5.32 Å². The van der Waals surface area contributed by atoms with Gasteiger partial charge in [-0.2, -0.15) is 0 Å². The van der Waals surface area contributed by atoms with E-state index in [1.807, 2.05) is 0 Å². The van der Waals surface area contributed by atoms with Crippen molar-refractivity contribution in [1.29, 1.82) is 0 Å². The molecule has 0 radical (unpaired) electrons. The van der Waals surface area contributed by atoms with E-state index in [1.165, 1.54) is 6.26 Å². The van der Waals surface area contributed by atoms with Gasteiger partial charge in [-0.15, -0.1) is 0 Å². The average Bonchev–Trinajstić information content (AvgIpc) is 2.66. The second kappa shape index (κ2) is 5.24. The number of aliphatic hydroxyl groups is 1. The van der Waals surface area contributed by atoms with Gasteiger partial charge < -0.3 is 14.8 Å². The Labute approximate surface area is 90.8 Å². The van der Waals surface area contributed by atoms with Gasteiger partial charge in [0.2, 0.25) is 0 Å². The quantitative estimate of drug-likeness (QED) is 0.775. The lowest BCUT2D eigenvalue weighted by molar-refractivity contribution is -0.119. The van der Waals surface area contributed by atoms with Crippen LogP contribution in [0.2, 0.25) is 0 Å². The van der Waals surface area contributed by atoms with E-state index < -0.39 is 16.8 Å². The van der Waals surface area contributed by atoms with Crippen LogP contribution in [-0.4, -0.2) is 22.4 Å². The van der Waals surface area contributed by atoms with E-state index in [1.54, 1.807) is 12.1 Å². The maximum Gasteiger partial charge on any atom is 0.253 e. The van der Waals surface area contributed by atoms with Gasteiger partial charge in [0.1, 0.15) is 11.9 Å². The summed E-state index contributed by atoms with van der Waals surface area (Å²) in [7, 11) is 0. The Morgan fingerprint density at radius 1 is 1.64 bits per heavy atom. The van der Waals surface area contributed by atoms with Gasteiger partial charge in [-0.3, -0.25) is 4.79 Å². The van der Waals surface area contributed by atoms with Crippen molar-refractivity contribution in [2.24, 2.45) is 0 Å². The number of rotatable bonds is 4. The first-order valence-corrected chi connectivity index (χ1v) is 4.76. The van der Waals surface area contributed by atoms with Gasteiger partial charge in [0.05, 0.1) is 12.8 Å². The number of hydrogen-bond donors (Lipinski definition) is 2. The summed E-state index contributed by atoms with van der Waals surface area (Å²) >= 11 is 10.6. The van der Waals surface area contributed by atoms with Crippen LogP contribution < -0.4 is 5.32 Å². The highest BCUT2D eigenvalue weighted by molar-refractivity contribution is 6.53. The van der Waals surface area contributed by atoms with E-state index in [0.717, 1.165) is 0 Å². The molecule has 0 aromatic carbocycles. The van der Waals surface area contributed by atoms with Crippen LogP contribution >= 0.6 is 23.2 Å². The molecule has 1 rings (SSSR count). The molecule has 6 heteroatoms. The molecule has 1 aromatic heterocycles. The second-order valence-corrected chi connectivity index (χ2v) is 3.67. The van der Waals surface area contributed by atoms with Crippen molar-refractivity contribution in [2.75, 3.05) is 6.54 Å². The molecule has 0 spiro atoms. The molecule has 1 unspecified atom stereocenters. The van der Waals surface area contributed by atoms with Crippen LogP contribution in [0.25, 0.3) is 0 Å². The zero-order chi connectivity index (χ0) is 10.6. The van der Waals surface area contributed by atoms with Crippen molar-refractivity contribution < 1.29 is 14.3 Å². The molecule has 1 atom stereocenters. The molecule has 0 aliphatic rings. The zero-order valence-corrected chi connectivity index (χ0v) is 8.63. The SMILES string of the molecule is O=C(NCC(O)c1ccco1)C(Cl)Cl. The summed E-state index contributed by atoms with van der Waals surface area (Å²) in [4.78, 5) is 9.77. The summed E-state index contributed by atoms with van der Waals surface area (Å²) in [6.07, 6.45) is 0.549. The Morgan fingerprint density at radius 3 is 2.86 bits per heavy atom. The molecule has 0 aliphatic heterocycles. The van der Waals surface area contributed by atoms with Gasteiger partial charge in [-0.1, -0.05) is 23.2 Å². The third-order valence-corrected chi connectivity index (χ3v) is 1.94. The molecule has 0 saturated carbocycles. The summed E-state index contributed by atoms with van der Waals surface area (Å²) in [5, 5.41) is 11.8. The summed E-state index contributed by atoms with van der Waals surface area (Å²) in [6, 6.07) is 3.25. The molecular weight excluding hydrogens is 229 g/mol. The zero-order valence-electron chi connectivity index (χ0n) is 7.11. The Kier molecular flexibility index (Phi) is 4.25. The van der Waals surface area contributed by atoms with Crippen LogP contribution in [0.1, 0.15) is 11.9 Å². The van der Waals surface area contributed by atoms with Gasteiger partial charge in [0.15, 0.2) is 4.84 Å². The molecule has 1 amide bonds. The highest BCUT2D eigenvalue weighted by atomic mass is 35.5. The fourth-order valence-corrected chi connectivity index (χ4v) is 1.01. The minimum absolute atomic E-state index is 0.0162. The maximum absolute atomic E-state index is 10.9. The number of halogens is 2. The number of amides is 1. The number of aliphatic hydroxyl groups excluding tert-OH is 1. The van der Waals surface area contributed by atoms with Gasteiger partial charge in [0, 0.05) is 0 Å². The Balaban J connectivity index is 2.36. The monoisotopic (exact) mass is 237 g/mol. The third kappa shape index (κ3) is 3.21. The Bertz CT molecular complexity index is 287. The first kappa shape index (κ1) is 11.4. The molecule has 4 nitrogen and oxygen atoms in total. The topological polar surface area (TPSA) is 62.5 Å². The fourth-order valence-electron chi connectivity index (χ4n) is 0.856. The standard InChI is InChI=1S/C8H9Cl2NO3/c9-7(10)8(13)11-4-5(12)6-2-1-3-14-6/h1-3,5,7,12H,4H2,(H,11,13). The fraction of sp³-hybridized carbons (Fsp3) is 0.375. The summed E-state index contributed by atoms with van der Waals surface area (Å²) < 4.78 is 4.92. The first-order valence-electron chi connectivity index (χ1n) is 3.88. The minimum Gasteiger partial charge on any atom is -0.467 e. The lowest BCUT2D eigenvalue weighted by Gasteiger charge is -2.09.